The van der Waals surface area contributed by atoms with Gasteiger partial charge in [-0.25, -0.2) is 18.6 Å². The largest absolute Gasteiger partial charge is 0.496 e. The summed E-state index contributed by atoms with van der Waals surface area (Å²) in [5.74, 6) is -2.23. The molecule has 1 N–H and O–H groups in total. The summed E-state index contributed by atoms with van der Waals surface area (Å²) < 4.78 is 40.6. The van der Waals surface area contributed by atoms with Crippen LogP contribution in [0.5, 0.6) is 5.75 Å². The fraction of sp³-hybridized carbons (Fsp3) is 0.310. The lowest BCUT2D eigenvalue weighted by atomic mass is 9.91. The van der Waals surface area contributed by atoms with E-state index in [-0.39, 0.29) is 6.54 Å². The molecule has 0 aliphatic heterocycles. The van der Waals surface area contributed by atoms with Crippen molar-refractivity contribution in [3.05, 3.63) is 82.7 Å². The van der Waals surface area contributed by atoms with E-state index in [4.69, 9.17) is 14.5 Å². The summed E-state index contributed by atoms with van der Waals surface area (Å²) in [4.78, 5) is 17.3. The summed E-state index contributed by atoms with van der Waals surface area (Å²) in [5.41, 5.74) is 3.76. The number of ether oxygens (including phenoxy) is 2. The lowest BCUT2D eigenvalue weighted by molar-refractivity contribution is -0.160. The van der Waals surface area contributed by atoms with Gasteiger partial charge in [-0.1, -0.05) is 12.1 Å². The van der Waals surface area contributed by atoms with Gasteiger partial charge in [-0.15, -0.1) is 0 Å². The molecule has 6 nitrogen and oxygen atoms in total. The minimum atomic E-state index is -1.26. The van der Waals surface area contributed by atoms with Crippen LogP contribution in [0, 0.1) is 25.5 Å². The van der Waals surface area contributed by atoms with E-state index in [1.807, 2.05) is 42.0 Å². The topological polar surface area (TPSA) is 73.6 Å². The van der Waals surface area contributed by atoms with E-state index in [0.717, 1.165) is 28.6 Å². The average molecular weight is 509 g/mol. The summed E-state index contributed by atoms with van der Waals surface area (Å²) in [5, 5.41) is 10.9. The van der Waals surface area contributed by atoms with Crippen LogP contribution in [-0.2, 0) is 16.1 Å². The van der Waals surface area contributed by atoms with Gasteiger partial charge in [0.2, 0.25) is 0 Å². The second-order valence-electron chi connectivity index (χ2n) is 10.0. The van der Waals surface area contributed by atoms with Gasteiger partial charge < -0.3 is 19.1 Å². The number of halogens is 2. The summed E-state index contributed by atoms with van der Waals surface area (Å²) in [6, 6.07) is 11.3. The van der Waals surface area contributed by atoms with Crippen LogP contribution in [-0.4, -0.2) is 33.3 Å². The van der Waals surface area contributed by atoms with E-state index in [2.05, 4.69) is 0 Å². The van der Waals surface area contributed by atoms with Crippen molar-refractivity contribution in [3.8, 4) is 16.9 Å². The molecule has 0 saturated carbocycles. The third kappa shape index (κ3) is 5.34. The monoisotopic (exact) mass is 508 g/mol. The van der Waals surface area contributed by atoms with Crippen molar-refractivity contribution in [2.75, 3.05) is 7.11 Å². The second kappa shape index (κ2) is 9.94. The Hall–Kier alpha value is -3.78. The Balaban J connectivity index is 1.98. The van der Waals surface area contributed by atoms with Crippen molar-refractivity contribution in [1.82, 2.24) is 9.55 Å². The van der Waals surface area contributed by atoms with Gasteiger partial charge >= 0.3 is 5.97 Å². The molecule has 0 bridgehead atoms. The highest BCUT2D eigenvalue weighted by atomic mass is 19.2. The van der Waals surface area contributed by atoms with Gasteiger partial charge in [0.15, 0.2) is 17.7 Å². The maximum atomic E-state index is 13.8. The quantitative estimate of drug-likeness (QED) is 0.305. The van der Waals surface area contributed by atoms with Crippen molar-refractivity contribution in [1.29, 1.82) is 0 Å². The number of carbonyl (C=O) groups is 1. The van der Waals surface area contributed by atoms with E-state index < -0.39 is 29.3 Å². The first-order valence-corrected chi connectivity index (χ1v) is 11.9. The lowest BCUT2D eigenvalue weighted by Crippen LogP contribution is -2.28. The number of methoxy groups -OCH3 is 1. The molecular formula is C29H30F2N2O4. The van der Waals surface area contributed by atoms with Crippen LogP contribution in [0.4, 0.5) is 8.78 Å². The first-order chi connectivity index (χ1) is 17.4. The summed E-state index contributed by atoms with van der Waals surface area (Å²) in [6.07, 6.45) is 0.548. The van der Waals surface area contributed by atoms with Gasteiger partial charge in [0, 0.05) is 34.9 Å². The summed E-state index contributed by atoms with van der Waals surface area (Å²) in [7, 11) is 1.60. The van der Waals surface area contributed by atoms with Gasteiger partial charge in [-0.05, 0) is 81.6 Å². The molecule has 0 spiro atoms. The lowest BCUT2D eigenvalue weighted by Gasteiger charge is -2.28. The average Bonchev–Trinajstić information content (AvgIpc) is 3.20. The van der Waals surface area contributed by atoms with Gasteiger partial charge in [0.05, 0.1) is 12.7 Å². The Morgan fingerprint density at radius 1 is 1.08 bits per heavy atom. The Morgan fingerprint density at radius 3 is 2.41 bits per heavy atom. The zero-order valence-electron chi connectivity index (χ0n) is 21.7. The van der Waals surface area contributed by atoms with E-state index in [1.165, 1.54) is 6.07 Å². The van der Waals surface area contributed by atoms with Gasteiger partial charge in [0.25, 0.3) is 0 Å². The summed E-state index contributed by atoms with van der Waals surface area (Å²) in [6.45, 7) is 9.35. The Bertz CT molecular complexity index is 1490. The number of fused-ring (bicyclic) bond motifs is 1. The molecule has 0 amide bonds. The highest BCUT2D eigenvalue weighted by Crippen LogP contribution is 2.41. The number of pyridine rings is 1. The van der Waals surface area contributed by atoms with E-state index in [1.54, 1.807) is 34.8 Å². The third-order valence-corrected chi connectivity index (χ3v) is 6.11. The predicted octanol–water partition coefficient (Wildman–Crippen LogP) is 6.60. The molecule has 1 atom stereocenters. The first kappa shape index (κ1) is 26.3. The number of hydrogen-bond acceptors (Lipinski definition) is 4. The van der Waals surface area contributed by atoms with Crippen LogP contribution >= 0.6 is 0 Å². The number of carboxylic acids is 1. The number of aryl methyl sites for hydroxylation is 2. The van der Waals surface area contributed by atoms with E-state index >= 15 is 0 Å². The Morgan fingerprint density at radius 2 is 1.81 bits per heavy atom. The molecule has 2 heterocycles. The molecule has 0 fully saturated rings. The van der Waals surface area contributed by atoms with Gasteiger partial charge in [-0.3, -0.25) is 0 Å². The van der Waals surface area contributed by atoms with Gasteiger partial charge in [0.1, 0.15) is 11.4 Å². The minimum absolute atomic E-state index is 0.258. The van der Waals surface area contributed by atoms with Crippen molar-refractivity contribution >= 4 is 17.0 Å². The molecule has 0 saturated heterocycles. The smallest absolute Gasteiger partial charge is 0.337 e. The first-order valence-electron chi connectivity index (χ1n) is 11.9. The zero-order chi connectivity index (χ0) is 27.1. The number of nitrogens with zero attached hydrogens (tertiary/aromatic N) is 2. The second-order valence-corrected chi connectivity index (χ2v) is 10.0. The molecule has 194 valence electrons. The number of hydrogen-bond donors (Lipinski definition) is 1. The van der Waals surface area contributed by atoms with Crippen LogP contribution in [0.15, 0.2) is 48.7 Å². The molecule has 8 heteroatoms. The van der Waals surface area contributed by atoms with E-state index in [0.29, 0.717) is 33.8 Å². The SMILES string of the molecule is COc1ccc(-c2c(C(OC(C)(C)C)C(=O)O)c(C)nc3c2ccn3Cc2ccc(F)c(F)c2)cc1C. The molecule has 0 radical (unpaired) electrons. The van der Waals surface area contributed by atoms with Crippen LogP contribution in [0.2, 0.25) is 0 Å². The van der Waals surface area contributed by atoms with Crippen molar-refractivity contribution in [2.45, 2.75) is 52.9 Å². The zero-order valence-corrected chi connectivity index (χ0v) is 21.7. The number of rotatable bonds is 7. The molecular weight excluding hydrogens is 478 g/mol. The number of aliphatic carboxylic acids is 1. The highest BCUT2D eigenvalue weighted by Gasteiger charge is 2.32. The molecule has 0 aliphatic carbocycles. The predicted molar refractivity (Wildman–Crippen MR) is 138 cm³/mol. The fourth-order valence-corrected chi connectivity index (χ4v) is 4.54. The molecule has 1 unspecified atom stereocenters. The number of benzene rings is 2. The van der Waals surface area contributed by atoms with E-state index in [9.17, 15) is 18.7 Å². The maximum absolute atomic E-state index is 13.8. The maximum Gasteiger partial charge on any atom is 0.337 e. The van der Waals surface area contributed by atoms with Crippen LogP contribution in [0.25, 0.3) is 22.2 Å². The van der Waals surface area contributed by atoms with Crippen LogP contribution in [0.1, 0.15) is 49.3 Å². The summed E-state index contributed by atoms with van der Waals surface area (Å²) >= 11 is 0. The molecule has 0 aliphatic rings. The minimum Gasteiger partial charge on any atom is -0.496 e. The molecule has 4 aromatic rings. The van der Waals surface area contributed by atoms with Crippen LogP contribution < -0.4 is 4.74 Å². The Labute approximate surface area is 214 Å². The van der Waals surface area contributed by atoms with Crippen molar-refractivity contribution in [3.63, 3.8) is 0 Å². The fourth-order valence-electron chi connectivity index (χ4n) is 4.54. The van der Waals surface area contributed by atoms with Crippen molar-refractivity contribution in [2.24, 2.45) is 0 Å². The number of aromatic nitrogens is 2. The van der Waals surface area contributed by atoms with Crippen molar-refractivity contribution < 1.29 is 28.2 Å². The highest BCUT2D eigenvalue weighted by molar-refractivity contribution is 5.98. The molecule has 4 rings (SSSR count). The molecule has 37 heavy (non-hydrogen) atoms. The van der Waals surface area contributed by atoms with Gasteiger partial charge in [-0.2, -0.15) is 0 Å². The molecule has 2 aromatic carbocycles. The standard InChI is InChI=1S/C29H30F2N2O4/c1-16-13-19(8-10-23(16)36-6)25-20-11-12-33(15-18-7-9-21(30)22(31)14-18)27(20)32-17(2)24(25)26(28(34)35)37-29(3,4)5/h7-14,26H,15H2,1-6H3,(H,34,35). The van der Waals surface area contributed by atoms with Crippen LogP contribution in [0.3, 0.4) is 0 Å². The normalized spacial score (nSPS) is 12.6. The third-order valence-electron chi connectivity index (χ3n) is 6.11. The molecule has 2 aromatic heterocycles. The number of carboxylic acid groups (broad SMARTS) is 1. The Kier molecular flexibility index (Phi) is 7.06.